The van der Waals surface area contributed by atoms with E-state index < -0.39 is 11.7 Å². The SMILES string of the molecule is CC#CCN1C(=O)C(=O)c2c(C)ccc(C)c21. The van der Waals surface area contributed by atoms with Crippen molar-refractivity contribution in [3.8, 4) is 11.8 Å². The molecule has 17 heavy (non-hydrogen) atoms. The lowest BCUT2D eigenvalue weighted by Gasteiger charge is -2.15. The topological polar surface area (TPSA) is 37.4 Å². The van der Waals surface area contributed by atoms with Gasteiger partial charge in [0.15, 0.2) is 0 Å². The second-order valence-corrected chi connectivity index (χ2v) is 4.07. The molecule has 0 atom stereocenters. The summed E-state index contributed by atoms with van der Waals surface area (Å²) in [5.74, 6) is 4.68. The zero-order valence-electron chi connectivity index (χ0n) is 10.1. The number of Topliss-reactive ketones (excluding diaryl/α,β-unsaturated/α-hetero) is 1. The van der Waals surface area contributed by atoms with E-state index in [1.807, 2.05) is 26.0 Å². The third-order valence-electron chi connectivity index (χ3n) is 2.94. The van der Waals surface area contributed by atoms with Gasteiger partial charge in [0.05, 0.1) is 17.8 Å². The third-order valence-corrected chi connectivity index (χ3v) is 2.94. The quantitative estimate of drug-likeness (QED) is 0.542. The van der Waals surface area contributed by atoms with Crippen LogP contribution in [0.25, 0.3) is 0 Å². The first-order valence-electron chi connectivity index (χ1n) is 5.44. The number of benzene rings is 1. The van der Waals surface area contributed by atoms with E-state index in [2.05, 4.69) is 11.8 Å². The molecule has 0 aliphatic carbocycles. The van der Waals surface area contributed by atoms with Crippen LogP contribution in [0.5, 0.6) is 0 Å². The second-order valence-electron chi connectivity index (χ2n) is 4.07. The van der Waals surface area contributed by atoms with Crippen molar-refractivity contribution in [1.82, 2.24) is 0 Å². The van der Waals surface area contributed by atoms with Gasteiger partial charge in [-0.25, -0.2) is 0 Å². The number of aryl methyl sites for hydroxylation is 2. The Bertz CT molecular complexity index is 576. The molecule has 0 radical (unpaired) electrons. The Morgan fingerprint density at radius 2 is 1.82 bits per heavy atom. The lowest BCUT2D eigenvalue weighted by atomic mass is 10.0. The molecule has 86 valence electrons. The number of hydrogen-bond donors (Lipinski definition) is 0. The van der Waals surface area contributed by atoms with Crippen LogP contribution in [0, 0.1) is 25.7 Å². The minimum Gasteiger partial charge on any atom is -0.293 e. The Morgan fingerprint density at radius 1 is 1.18 bits per heavy atom. The summed E-state index contributed by atoms with van der Waals surface area (Å²) in [5.41, 5.74) is 3.04. The molecule has 1 aliphatic heterocycles. The first kappa shape index (κ1) is 11.4. The number of fused-ring (bicyclic) bond motifs is 1. The van der Waals surface area contributed by atoms with Crippen LogP contribution in [0.2, 0.25) is 0 Å². The Labute approximate surface area is 100 Å². The molecule has 1 heterocycles. The fourth-order valence-corrected chi connectivity index (χ4v) is 2.07. The van der Waals surface area contributed by atoms with E-state index in [1.54, 1.807) is 6.92 Å². The number of hydrogen-bond acceptors (Lipinski definition) is 2. The maximum Gasteiger partial charge on any atom is 0.300 e. The molecule has 0 bridgehead atoms. The first-order valence-corrected chi connectivity index (χ1v) is 5.44. The molecule has 0 unspecified atom stereocenters. The number of carbonyl (C=O) groups is 2. The largest absolute Gasteiger partial charge is 0.300 e. The molecule has 0 N–H and O–H groups in total. The maximum absolute atomic E-state index is 11.9. The highest BCUT2D eigenvalue weighted by molar-refractivity contribution is 6.52. The van der Waals surface area contributed by atoms with E-state index in [1.165, 1.54) is 4.90 Å². The predicted octanol–water partition coefficient (Wildman–Crippen LogP) is 1.86. The van der Waals surface area contributed by atoms with Gasteiger partial charge in [0.2, 0.25) is 0 Å². The smallest absolute Gasteiger partial charge is 0.293 e. The van der Waals surface area contributed by atoms with Gasteiger partial charge in [-0.2, -0.15) is 0 Å². The molecule has 2 rings (SSSR count). The molecule has 0 fully saturated rings. The van der Waals surface area contributed by atoms with Crippen LogP contribution < -0.4 is 4.90 Å². The molecule has 3 heteroatoms. The summed E-state index contributed by atoms with van der Waals surface area (Å²) in [4.78, 5) is 25.3. The van der Waals surface area contributed by atoms with E-state index in [0.717, 1.165) is 16.8 Å². The average Bonchev–Trinajstić information content (AvgIpc) is 2.56. The van der Waals surface area contributed by atoms with Crippen molar-refractivity contribution in [3.63, 3.8) is 0 Å². The molecule has 1 aliphatic rings. The van der Waals surface area contributed by atoms with Gasteiger partial charge in [0.25, 0.3) is 11.7 Å². The highest BCUT2D eigenvalue weighted by Gasteiger charge is 2.37. The van der Waals surface area contributed by atoms with Crippen LogP contribution in [0.1, 0.15) is 28.4 Å². The van der Waals surface area contributed by atoms with Gasteiger partial charge >= 0.3 is 0 Å². The fraction of sp³-hybridized carbons (Fsp3) is 0.286. The lowest BCUT2D eigenvalue weighted by Crippen LogP contribution is -2.30. The summed E-state index contributed by atoms with van der Waals surface area (Å²) in [6.45, 7) is 5.74. The summed E-state index contributed by atoms with van der Waals surface area (Å²) >= 11 is 0. The van der Waals surface area contributed by atoms with E-state index in [0.29, 0.717) is 5.56 Å². The average molecular weight is 227 g/mol. The van der Waals surface area contributed by atoms with Crippen molar-refractivity contribution in [3.05, 3.63) is 28.8 Å². The van der Waals surface area contributed by atoms with Gasteiger partial charge in [-0.15, -0.1) is 5.92 Å². The Hall–Kier alpha value is -2.08. The Morgan fingerprint density at radius 3 is 2.47 bits per heavy atom. The van der Waals surface area contributed by atoms with Crippen molar-refractivity contribution >= 4 is 17.4 Å². The van der Waals surface area contributed by atoms with Gasteiger partial charge in [0.1, 0.15) is 0 Å². The van der Waals surface area contributed by atoms with Crippen molar-refractivity contribution in [2.45, 2.75) is 20.8 Å². The first-order chi connectivity index (χ1) is 8.07. The zero-order chi connectivity index (χ0) is 12.6. The number of nitrogens with zero attached hydrogens (tertiary/aromatic N) is 1. The minimum absolute atomic E-state index is 0.276. The van der Waals surface area contributed by atoms with E-state index >= 15 is 0 Å². The Balaban J connectivity index is 2.62. The van der Waals surface area contributed by atoms with Crippen LogP contribution in [-0.4, -0.2) is 18.2 Å². The van der Waals surface area contributed by atoms with E-state index in [-0.39, 0.29) is 6.54 Å². The van der Waals surface area contributed by atoms with Crippen molar-refractivity contribution < 1.29 is 9.59 Å². The number of amides is 1. The van der Waals surface area contributed by atoms with Crippen molar-refractivity contribution in [2.24, 2.45) is 0 Å². The molecule has 0 saturated heterocycles. The molecule has 0 aromatic heterocycles. The summed E-state index contributed by atoms with van der Waals surface area (Å²) < 4.78 is 0. The number of carbonyl (C=O) groups excluding carboxylic acids is 2. The second kappa shape index (κ2) is 4.06. The van der Waals surface area contributed by atoms with Crippen molar-refractivity contribution in [2.75, 3.05) is 11.4 Å². The standard InChI is InChI=1S/C14H13NO2/c1-4-5-8-15-12-10(3)7-6-9(2)11(12)13(16)14(15)17/h6-7H,8H2,1-3H3. The van der Waals surface area contributed by atoms with Gasteiger partial charge in [-0.05, 0) is 31.9 Å². The van der Waals surface area contributed by atoms with Crippen LogP contribution in [-0.2, 0) is 4.79 Å². The molecule has 3 nitrogen and oxygen atoms in total. The third kappa shape index (κ3) is 1.62. The van der Waals surface area contributed by atoms with Crippen LogP contribution >= 0.6 is 0 Å². The highest BCUT2D eigenvalue weighted by Crippen LogP contribution is 2.34. The maximum atomic E-state index is 11.9. The van der Waals surface area contributed by atoms with Crippen LogP contribution in [0.15, 0.2) is 12.1 Å². The van der Waals surface area contributed by atoms with Gasteiger partial charge in [-0.3, -0.25) is 14.5 Å². The molecule has 1 amide bonds. The normalized spacial score (nSPS) is 13.5. The number of ketones is 1. The number of anilines is 1. The van der Waals surface area contributed by atoms with E-state index in [4.69, 9.17) is 0 Å². The monoisotopic (exact) mass is 227 g/mol. The summed E-state index contributed by atoms with van der Waals surface area (Å²) in [5, 5.41) is 0. The van der Waals surface area contributed by atoms with Crippen LogP contribution in [0.4, 0.5) is 5.69 Å². The summed E-state index contributed by atoms with van der Waals surface area (Å²) in [6, 6.07) is 3.79. The fourth-order valence-electron chi connectivity index (χ4n) is 2.07. The molecular weight excluding hydrogens is 214 g/mol. The molecular formula is C14H13NO2. The molecule has 0 spiro atoms. The van der Waals surface area contributed by atoms with Crippen molar-refractivity contribution in [1.29, 1.82) is 0 Å². The van der Waals surface area contributed by atoms with E-state index in [9.17, 15) is 9.59 Å². The summed E-state index contributed by atoms with van der Waals surface area (Å²) in [6.07, 6.45) is 0. The molecule has 1 aromatic rings. The van der Waals surface area contributed by atoms with Crippen LogP contribution in [0.3, 0.4) is 0 Å². The van der Waals surface area contributed by atoms with Gasteiger partial charge < -0.3 is 0 Å². The Kier molecular flexibility index (Phi) is 2.72. The van der Waals surface area contributed by atoms with Gasteiger partial charge in [-0.1, -0.05) is 18.1 Å². The molecule has 0 saturated carbocycles. The number of rotatable bonds is 1. The van der Waals surface area contributed by atoms with Gasteiger partial charge in [0, 0.05) is 0 Å². The predicted molar refractivity (Wildman–Crippen MR) is 66.0 cm³/mol. The lowest BCUT2D eigenvalue weighted by molar-refractivity contribution is -0.114. The minimum atomic E-state index is -0.472. The zero-order valence-corrected chi connectivity index (χ0v) is 10.1. The highest BCUT2D eigenvalue weighted by atomic mass is 16.2. The summed E-state index contributed by atoms with van der Waals surface area (Å²) in [7, 11) is 0. The molecule has 1 aromatic carbocycles.